The number of carbonyl (C=O) groups excluding carboxylic acids is 1. The number of hydrogen-bond donors (Lipinski definition) is 2. The summed E-state index contributed by atoms with van der Waals surface area (Å²) in [5.41, 5.74) is -0.0956. The van der Waals surface area contributed by atoms with Crippen LogP contribution in [0.3, 0.4) is 0 Å². The van der Waals surface area contributed by atoms with E-state index in [1.165, 1.54) is 0 Å². The lowest BCUT2D eigenvalue weighted by Crippen LogP contribution is -2.49. The summed E-state index contributed by atoms with van der Waals surface area (Å²) < 4.78 is 0. The SMILES string of the molecule is C[C@@H]1CN(C(=O)NC2(C)CCCC2)C[C@H]1C(=O)O. The van der Waals surface area contributed by atoms with Crippen molar-refractivity contribution in [2.24, 2.45) is 11.8 Å². The van der Waals surface area contributed by atoms with Crippen LogP contribution in [0.25, 0.3) is 0 Å². The van der Waals surface area contributed by atoms with Crippen molar-refractivity contribution >= 4 is 12.0 Å². The topological polar surface area (TPSA) is 69.6 Å². The highest BCUT2D eigenvalue weighted by molar-refractivity contribution is 5.78. The molecule has 1 saturated heterocycles. The molecule has 2 rings (SSSR count). The molecule has 1 saturated carbocycles. The highest BCUT2D eigenvalue weighted by Gasteiger charge is 2.39. The number of rotatable bonds is 2. The number of likely N-dealkylation sites (tertiary alicyclic amines) is 1. The van der Waals surface area contributed by atoms with Crippen molar-refractivity contribution in [3.05, 3.63) is 0 Å². The molecule has 5 nitrogen and oxygen atoms in total. The molecular weight excluding hydrogens is 232 g/mol. The molecule has 0 unspecified atom stereocenters. The number of carbonyl (C=O) groups is 2. The van der Waals surface area contributed by atoms with E-state index in [9.17, 15) is 9.59 Å². The fourth-order valence-electron chi connectivity index (χ4n) is 3.07. The minimum absolute atomic E-state index is 0.0321. The maximum Gasteiger partial charge on any atom is 0.317 e. The van der Waals surface area contributed by atoms with Gasteiger partial charge in [-0.2, -0.15) is 0 Å². The molecular formula is C13H22N2O3. The smallest absolute Gasteiger partial charge is 0.317 e. The van der Waals surface area contributed by atoms with Gasteiger partial charge < -0.3 is 15.3 Å². The molecule has 2 fully saturated rings. The van der Waals surface area contributed by atoms with Gasteiger partial charge in [0.2, 0.25) is 0 Å². The second kappa shape index (κ2) is 4.78. The van der Waals surface area contributed by atoms with E-state index in [0.717, 1.165) is 25.7 Å². The maximum absolute atomic E-state index is 12.1. The zero-order valence-corrected chi connectivity index (χ0v) is 11.1. The number of nitrogens with one attached hydrogen (secondary N) is 1. The molecule has 0 aromatic rings. The highest BCUT2D eigenvalue weighted by Crippen LogP contribution is 2.30. The fourth-order valence-corrected chi connectivity index (χ4v) is 3.07. The van der Waals surface area contributed by atoms with Crippen LogP contribution < -0.4 is 5.32 Å². The summed E-state index contributed by atoms with van der Waals surface area (Å²) in [5.74, 6) is -1.19. The highest BCUT2D eigenvalue weighted by atomic mass is 16.4. The predicted molar refractivity (Wildman–Crippen MR) is 67.3 cm³/mol. The lowest BCUT2D eigenvalue weighted by atomic mass is 9.99. The molecule has 0 aromatic carbocycles. The van der Waals surface area contributed by atoms with E-state index in [4.69, 9.17) is 5.11 Å². The molecule has 0 aromatic heterocycles. The standard InChI is InChI=1S/C13H22N2O3/c1-9-7-15(8-10(9)11(16)17)12(18)14-13(2)5-3-4-6-13/h9-10H,3-8H2,1-2H3,(H,14,18)(H,16,17)/t9-,10-/m1/s1. The Bertz CT molecular complexity index is 350. The first-order valence-electron chi connectivity index (χ1n) is 6.71. The van der Waals surface area contributed by atoms with E-state index in [1.807, 2.05) is 6.92 Å². The summed E-state index contributed by atoms with van der Waals surface area (Å²) in [6.45, 7) is 4.84. The Morgan fingerprint density at radius 3 is 2.39 bits per heavy atom. The summed E-state index contributed by atoms with van der Waals surface area (Å²) in [6, 6.07) is -0.102. The Kier molecular flexibility index (Phi) is 3.50. The first kappa shape index (κ1) is 13.2. The van der Waals surface area contributed by atoms with E-state index in [1.54, 1.807) is 4.90 Å². The molecule has 0 radical (unpaired) electrons. The Balaban J connectivity index is 1.93. The molecule has 18 heavy (non-hydrogen) atoms. The van der Waals surface area contributed by atoms with Gasteiger partial charge in [0.1, 0.15) is 0 Å². The van der Waals surface area contributed by atoms with E-state index in [0.29, 0.717) is 13.1 Å². The van der Waals surface area contributed by atoms with Crippen molar-refractivity contribution in [1.29, 1.82) is 0 Å². The lowest BCUT2D eigenvalue weighted by molar-refractivity contribution is -0.142. The molecule has 1 aliphatic carbocycles. The number of urea groups is 1. The molecule has 1 heterocycles. The van der Waals surface area contributed by atoms with E-state index >= 15 is 0 Å². The average molecular weight is 254 g/mol. The van der Waals surface area contributed by atoms with Gasteiger partial charge in [0.05, 0.1) is 5.92 Å². The van der Waals surface area contributed by atoms with Crippen LogP contribution >= 0.6 is 0 Å². The molecule has 102 valence electrons. The van der Waals surface area contributed by atoms with Crippen LogP contribution in [0, 0.1) is 11.8 Å². The summed E-state index contributed by atoms with van der Waals surface area (Å²) >= 11 is 0. The molecule has 2 aliphatic rings. The molecule has 5 heteroatoms. The molecule has 2 atom stereocenters. The first-order chi connectivity index (χ1) is 8.41. The van der Waals surface area contributed by atoms with Crippen molar-refractivity contribution in [2.45, 2.75) is 45.1 Å². The van der Waals surface area contributed by atoms with E-state index in [2.05, 4.69) is 12.2 Å². The summed E-state index contributed by atoms with van der Waals surface area (Å²) in [5, 5.41) is 12.1. The monoisotopic (exact) mass is 254 g/mol. The fraction of sp³-hybridized carbons (Fsp3) is 0.846. The number of hydrogen-bond acceptors (Lipinski definition) is 2. The van der Waals surface area contributed by atoms with Crippen LogP contribution in [0.4, 0.5) is 4.79 Å². The average Bonchev–Trinajstić information content (AvgIpc) is 2.85. The molecule has 2 amide bonds. The third-order valence-electron chi connectivity index (χ3n) is 4.33. The normalized spacial score (nSPS) is 30.4. The van der Waals surface area contributed by atoms with Crippen molar-refractivity contribution in [3.8, 4) is 0 Å². The Morgan fingerprint density at radius 2 is 1.89 bits per heavy atom. The van der Waals surface area contributed by atoms with E-state index < -0.39 is 11.9 Å². The Labute approximate surface area is 108 Å². The van der Waals surface area contributed by atoms with Gasteiger partial charge in [-0.05, 0) is 25.7 Å². The zero-order valence-electron chi connectivity index (χ0n) is 11.1. The van der Waals surface area contributed by atoms with E-state index in [-0.39, 0.29) is 17.5 Å². The summed E-state index contributed by atoms with van der Waals surface area (Å²) in [4.78, 5) is 24.8. The molecule has 0 bridgehead atoms. The largest absolute Gasteiger partial charge is 0.481 e. The van der Waals surface area contributed by atoms with Gasteiger partial charge in [0.25, 0.3) is 0 Å². The molecule has 0 spiro atoms. The van der Waals surface area contributed by atoms with Crippen molar-refractivity contribution in [2.75, 3.05) is 13.1 Å². The van der Waals surface area contributed by atoms with Gasteiger partial charge in [0.15, 0.2) is 0 Å². The number of aliphatic carboxylic acids is 1. The molecule has 1 aliphatic heterocycles. The van der Waals surface area contributed by atoms with Gasteiger partial charge in [-0.15, -0.1) is 0 Å². The van der Waals surface area contributed by atoms with Gasteiger partial charge in [0, 0.05) is 18.6 Å². The van der Waals surface area contributed by atoms with Crippen LogP contribution in [0.15, 0.2) is 0 Å². The number of amides is 2. The van der Waals surface area contributed by atoms with Crippen molar-refractivity contribution < 1.29 is 14.7 Å². The second-order valence-electron chi connectivity index (χ2n) is 6.02. The van der Waals surface area contributed by atoms with Gasteiger partial charge in [-0.25, -0.2) is 4.79 Å². The number of carboxylic acid groups (broad SMARTS) is 1. The minimum Gasteiger partial charge on any atom is -0.481 e. The summed E-state index contributed by atoms with van der Waals surface area (Å²) in [7, 11) is 0. The quantitative estimate of drug-likeness (QED) is 0.787. The third kappa shape index (κ3) is 2.60. The number of carboxylic acids is 1. The van der Waals surface area contributed by atoms with Crippen LogP contribution in [0.1, 0.15) is 39.5 Å². The minimum atomic E-state index is -0.801. The predicted octanol–water partition coefficient (Wildman–Crippen LogP) is 1.68. The molecule has 2 N–H and O–H groups in total. The maximum atomic E-state index is 12.1. The van der Waals surface area contributed by atoms with Gasteiger partial charge in [-0.1, -0.05) is 19.8 Å². The van der Waals surface area contributed by atoms with Crippen molar-refractivity contribution in [1.82, 2.24) is 10.2 Å². The van der Waals surface area contributed by atoms with Crippen LogP contribution in [-0.2, 0) is 4.79 Å². The van der Waals surface area contributed by atoms with Gasteiger partial charge >= 0.3 is 12.0 Å². The second-order valence-corrected chi connectivity index (χ2v) is 6.02. The van der Waals surface area contributed by atoms with Crippen LogP contribution in [-0.4, -0.2) is 40.6 Å². The Morgan fingerprint density at radius 1 is 1.28 bits per heavy atom. The lowest BCUT2D eigenvalue weighted by Gasteiger charge is -2.28. The van der Waals surface area contributed by atoms with Crippen molar-refractivity contribution in [3.63, 3.8) is 0 Å². The van der Waals surface area contributed by atoms with Crippen LogP contribution in [0.5, 0.6) is 0 Å². The zero-order chi connectivity index (χ0) is 13.3. The summed E-state index contributed by atoms with van der Waals surface area (Å²) in [6.07, 6.45) is 4.35. The third-order valence-corrected chi connectivity index (χ3v) is 4.33. The first-order valence-corrected chi connectivity index (χ1v) is 6.71. The van der Waals surface area contributed by atoms with Gasteiger partial charge in [-0.3, -0.25) is 4.79 Å². The Hall–Kier alpha value is -1.26. The van der Waals surface area contributed by atoms with Crippen LogP contribution in [0.2, 0.25) is 0 Å². The number of nitrogens with zero attached hydrogens (tertiary/aromatic N) is 1.